The van der Waals surface area contributed by atoms with Gasteiger partial charge in [-0.2, -0.15) is 15.8 Å². The van der Waals surface area contributed by atoms with Crippen molar-refractivity contribution in [2.75, 3.05) is 0 Å². The molecule has 0 spiro atoms. The summed E-state index contributed by atoms with van der Waals surface area (Å²) in [5.74, 6) is -1.33. The van der Waals surface area contributed by atoms with Crippen molar-refractivity contribution in [1.82, 2.24) is 5.32 Å². The third-order valence-corrected chi connectivity index (χ3v) is 3.82. The lowest BCUT2D eigenvalue weighted by molar-refractivity contribution is -0.124. The Kier molecular flexibility index (Phi) is 1.99. The van der Waals surface area contributed by atoms with Crippen LogP contribution in [-0.2, 0) is 4.79 Å². The lowest BCUT2D eigenvalue weighted by Gasteiger charge is -2.27. The summed E-state index contributed by atoms with van der Waals surface area (Å²) < 4.78 is 0. The third-order valence-electron chi connectivity index (χ3n) is 3.82. The van der Waals surface area contributed by atoms with Gasteiger partial charge in [0.15, 0.2) is 10.8 Å². The van der Waals surface area contributed by atoms with Crippen molar-refractivity contribution in [3.8, 4) is 18.2 Å². The standard InChI is InChI=1S/C11H11N5O/c1-2-3-11(15)7-9(4-12,5-13)10(7,6-14)8(17)16-11/h7H,2-3,15H2,1H3,(H,16,17)/t7-,10-,11+/m1/s1. The molecule has 2 aliphatic rings. The maximum atomic E-state index is 11.9. The van der Waals surface area contributed by atoms with Crippen LogP contribution in [0.2, 0.25) is 0 Å². The zero-order chi connectivity index (χ0) is 12.9. The molecule has 1 aliphatic carbocycles. The Hall–Kier alpha value is -2.10. The smallest absolute Gasteiger partial charge is 0.245 e. The van der Waals surface area contributed by atoms with Crippen LogP contribution in [0.15, 0.2) is 0 Å². The number of amides is 1. The van der Waals surface area contributed by atoms with E-state index in [1.807, 2.05) is 25.1 Å². The first-order chi connectivity index (χ1) is 7.99. The Balaban J connectivity index is 2.56. The summed E-state index contributed by atoms with van der Waals surface area (Å²) in [4.78, 5) is 11.9. The van der Waals surface area contributed by atoms with Crippen molar-refractivity contribution in [2.45, 2.75) is 25.4 Å². The van der Waals surface area contributed by atoms with Gasteiger partial charge in [0, 0.05) is 0 Å². The summed E-state index contributed by atoms with van der Waals surface area (Å²) in [7, 11) is 0. The number of piperidine rings is 1. The van der Waals surface area contributed by atoms with Crippen LogP contribution in [0.25, 0.3) is 0 Å². The van der Waals surface area contributed by atoms with Gasteiger partial charge < -0.3 is 11.1 Å². The highest BCUT2D eigenvalue weighted by Crippen LogP contribution is 2.74. The van der Waals surface area contributed by atoms with Crippen LogP contribution in [0.5, 0.6) is 0 Å². The molecule has 0 bridgehead atoms. The molecule has 6 nitrogen and oxygen atoms in total. The molecule has 2 rings (SSSR count). The number of rotatable bonds is 2. The molecule has 1 saturated carbocycles. The van der Waals surface area contributed by atoms with Gasteiger partial charge in [-0.25, -0.2) is 0 Å². The average molecular weight is 229 g/mol. The van der Waals surface area contributed by atoms with Crippen LogP contribution in [0.1, 0.15) is 19.8 Å². The molecule has 0 unspecified atom stereocenters. The zero-order valence-electron chi connectivity index (χ0n) is 9.32. The normalized spacial score (nSPS) is 40.4. The van der Waals surface area contributed by atoms with Crippen LogP contribution in [0.4, 0.5) is 0 Å². The van der Waals surface area contributed by atoms with E-state index in [2.05, 4.69) is 5.32 Å². The highest BCUT2D eigenvalue weighted by molar-refractivity contribution is 5.97. The molecule has 3 atom stereocenters. The largest absolute Gasteiger partial charge is 0.336 e. The zero-order valence-corrected chi connectivity index (χ0v) is 9.32. The summed E-state index contributed by atoms with van der Waals surface area (Å²) in [5.41, 5.74) is 1.76. The number of carbonyl (C=O) groups excluding carboxylic acids is 1. The van der Waals surface area contributed by atoms with Crippen LogP contribution in [0, 0.1) is 50.7 Å². The fraction of sp³-hybridized carbons (Fsp3) is 0.636. The van der Waals surface area contributed by atoms with E-state index in [0.717, 1.165) is 0 Å². The van der Waals surface area contributed by atoms with E-state index in [-0.39, 0.29) is 0 Å². The van der Waals surface area contributed by atoms with Gasteiger partial charge in [-0.15, -0.1) is 0 Å². The van der Waals surface area contributed by atoms with E-state index < -0.39 is 28.3 Å². The minimum absolute atomic E-state index is 0.442. The number of nitrogens with zero attached hydrogens (tertiary/aromatic N) is 3. The van der Waals surface area contributed by atoms with Crippen LogP contribution in [0.3, 0.4) is 0 Å². The first-order valence-electron chi connectivity index (χ1n) is 5.34. The van der Waals surface area contributed by atoms with Crippen LogP contribution < -0.4 is 11.1 Å². The molecule has 1 aliphatic heterocycles. The summed E-state index contributed by atoms with van der Waals surface area (Å²) in [5, 5.41) is 30.0. The topological polar surface area (TPSA) is 126 Å². The predicted octanol–water partition coefficient (Wildman–Crippen LogP) is -0.255. The van der Waals surface area contributed by atoms with Crippen molar-refractivity contribution in [3.05, 3.63) is 0 Å². The summed E-state index contributed by atoms with van der Waals surface area (Å²) in [6.07, 6.45) is 1.14. The second kappa shape index (κ2) is 2.97. The van der Waals surface area contributed by atoms with Gasteiger partial charge in [-0.3, -0.25) is 4.79 Å². The average Bonchev–Trinajstić information content (AvgIpc) is 2.86. The fourth-order valence-electron chi connectivity index (χ4n) is 3.09. The van der Waals surface area contributed by atoms with Crippen molar-refractivity contribution in [2.24, 2.45) is 22.5 Å². The van der Waals surface area contributed by atoms with E-state index in [9.17, 15) is 4.79 Å². The quantitative estimate of drug-likeness (QED) is 0.674. The number of nitrogens with two attached hydrogens (primary N) is 1. The van der Waals surface area contributed by atoms with E-state index in [1.165, 1.54) is 0 Å². The number of fused-ring (bicyclic) bond motifs is 1. The first-order valence-corrected chi connectivity index (χ1v) is 5.34. The molecule has 0 aromatic rings. The molecular formula is C11H11N5O. The molecule has 0 aromatic carbocycles. The van der Waals surface area contributed by atoms with Gasteiger partial charge in [-0.05, 0) is 6.42 Å². The molecule has 6 heteroatoms. The molecule has 2 fully saturated rings. The van der Waals surface area contributed by atoms with Crippen LogP contribution in [-0.4, -0.2) is 11.6 Å². The Morgan fingerprint density at radius 2 is 1.94 bits per heavy atom. The Bertz CT molecular complexity index is 507. The number of nitriles is 3. The van der Waals surface area contributed by atoms with Gasteiger partial charge in [0.1, 0.15) is 0 Å². The molecule has 86 valence electrons. The SMILES string of the molecule is CCC[C@]1(N)NC(=O)[C@@]2(C#N)[C@H]1C2(C#N)C#N. The number of hydrogen-bond donors (Lipinski definition) is 2. The third kappa shape index (κ3) is 0.895. The summed E-state index contributed by atoms with van der Waals surface area (Å²) >= 11 is 0. The Morgan fingerprint density at radius 3 is 2.29 bits per heavy atom. The van der Waals surface area contributed by atoms with Crippen molar-refractivity contribution in [1.29, 1.82) is 15.8 Å². The van der Waals surface area contributed by atoms with Gasteiger partial charge in [-0.1, -0.05) is 13.3 Å². The summed E-state index contributed by atoms with van der Waals surface area (Å²) in [6.45, 7) is 1.88. The molecule has 3 N–H and O–H groups in total. The number of hydrogen-bond acceptors (Lipinski definition) is 5. The van der Waals surface area contributed by atoms with E-state index >= 15 is 0 Å². The number of nitrogens with one attached hydrogen (secondary N) is 1. The molecule has 17 heavy (non-hydrogen) atoms. The second-order valence-electron chi connectivity index (χ2n) is 4.63. The van der Waals surface area contributed by atoms with Gasteiger partial charge in [0.25, 0.3) is 0 Å². The molecule has 1 saturated heterocycles. The van der Waals surface area contributed by atoms with Crippen molar-refractivity contribution in [3.63, 3.8) is 0 Å². The maximum absolute atomic E-state index is 11.9. The van der Waals surface area contributed by atoms with E-state index in [0.29, 0.717) is 12.8 Å². The van der Waals surface area contributed by atoms with Crippen LogP contribution >= 0.6 is 0 Å². The molecule has 0 radical (unpaired) electrons. The number of carbonyl (C=O) groups is 1. The van der Waals surface area contributed by atoms with E-state index in [4.69, 9.17) is 21.5 Å². The fourth-order valence-corrected chi connectivity index (χ4v) is 3.09. The summed E-state index contributed by atoms with van der Waals surface area (Å²) in [6, 6.07) is 5.46. The highest BCUT2D eigenvalue weighted by Gasteiger charge is 2.92. The van der Waals surface area contributed by atoms with Crippen molar-refractivity contribution >= 4 is 5.91 Å². The maximum Gasteiger partial charge on any atom is 0.245 e. The Labute approximate surface area is 98.6 Å². The second-order valence-corrected chi connectivity index (χ2v) is 4.63. The highest BCUT2D eigenvalue weighted by atomic mass is 16.2. The lowest BCUT2D eigenvalue weighted by Crippen LogP contribution is -2.56. The monoisotopic (exact) mass is 229 g/mol. The van der Waals surface area contributed by atoms with Gasteiger partial charge in [0.2, 0.25) is 5.91 Å². The molecular weight excluding hydrogens is 218 g/mol. The van der Waals surface area contributed by atoms with Crippen molar-refractivity contribution < 1.29 is 4.79 Å². The predicted molar refractivity (Wildman–Crippen MR) is 55.2 cm³/mol. The van der Waals surface area contributed by atoms with Gasteiger partial charge in [0.05, 0.1) is 29.8 Å². The molecule has 1 amide bonds. The minimum Gasteiger partial charge on any atom is -0.336 e. The molecule has 0 aromatic heterocycles. The molecule has 1 heterocycles. The van der Waals surface area contributed by atoms with E-state index in [1.54, 1.807) is 0 Å². The Morgan fingerprint density at radius 1 is 1.35 bits per heavy atom. The first kappa shape index (κ1) is 11.4. The minimum atomic E-state index is -1.59. The lowest BCUT2D eigenvalue weighted by atomic mass is 9.92. The van der Waals surface area contributed by atoms with Gasteiger partial charge >= 0.3 is 0 Å².